The average Bonchev–Trinajstić information content (AvgIpc) is 2.54. The fourth-order valence-electron chi connectivity index (χ4n) is 3.09. The third-order valence-corrected chi connectivity index (χ3v) is 4.73. The number of carbonyl (C=O) groups excluding carboxylic acids is 1. The van der Waals surface area contributed by atoms with Gasteiger partial charge in [0.25, 0.3) is 0 Å². The molecule has 0 bridgehead atoms. The normalized spacial score (nSPS) is 19.9. The maximum absolute atomic E-state index is 12.0. The van der Waals surface area contributed by atoms with Crippen LogP contribution in [0.1, 0.15) is 27.7 Å². The van der Waals surface area contributed by atoms with E-state index in [4.69, 9.17) is 4.74 Å². The van der Waals surface area contributed by atoms with Crippen molar-refractivity contribution in [3.8, 4) is 0 Å². The summed E-state index contributed by atoms with van der Waals surface area (Å²) in [6.07, 6.45) is -0.246. The average molecular weight is 496 g/mol. The number of nitrogens with one attached hydrogen (secondary N) is 2. The molecular formula is C18H37IN6O2. The van der Waals surface area contributed by atoms with Crippen LogP contribution in [0.3, 0.4) is 0 Å². The molecule has 2 aliphatic heterocycles. The molecule has 2 N–H and O–H groups in total. The summed E-state index contributed by atoms with van der Waals surface area (Å²) in [6, 6.07) is 0.224. The lowest BCUT2D eigenvalue weighted by atomic mass is 10.1. The summed E-state index contributed by atoms with van der Waals surface area (Å²) in [5.74, 6) is 0.797. The predicted octanol–water partition coefficient (Wildman–Crippen LogP) is 1.03. The van der Waals surface area contributed by atoms with E-state index in [-0.39, 0.29) is 36.1 Å². The number of ether oxygens (including phenoxy) is 1. The van der Waals surface area contributed by atoms with Crippen LogP contribution in [0.15, 0.2) is 4.99 Å². The van der Waals surface area contributed by atoms with Gasteiger partial charge in [-0.15, -0.1) is 24.0 Å². The Morgan fingerprint density at radius 2 is 1.74 bits per heavy atom. The second-order valence-electron chi connectivity index (χ2n) is 8.00. The SMILES string of the molecule is CCN1CCN(CCNC(=NC)NC2CN(C(=O)OC(C)(C)C)C2)CC1.I. The molecule has 0 saturated carbocycles. The van der Waals surface area contributed by atoms with E-state index in [1.54, 1.807) is 11.9 Å². The van der Waals surface area contributed by atoms with Crippen LogP contribution in [-0.2, 0) is 4.74 Å². The van der Waals surface area contributed by atoms with Gasteiger partial charge in [0.1, 0.15) is 5.60 Å². The third kappa shape index (κ3) is 8.39. The van der Waals surface area contributed by atoms with Gasteiger partial charge < -0.3 is 25.2 Å². The van der Waals surface area contributed by atoms with E-state index in [2.05, 4.69) is 32.3 Å². The summed E-state index contributed by atoms with van der Waals surface area (Å²) in [6.45, 7) is 16.8. The molecule has 2 rings (SSSR count). The van der Waals surface area contributed by atoms with Crippen molar-refractivity contribution < 1.29 is 9.53 Å². The molecule has 8 nitrogen and oxygen atoms in total. The molecule has 2 fully saturated rings. The molecule has 0 aromatic rings. The highest BCUT2D eigenvalue weighted by atomic mass is 127. The van der Waals surface area contributed by atoms with Gasteiger partial charge in [-0.25, -0.2) is 4.79 Å². The van der Waals surface area contributed by atoms with E-state index < -0.39 is 5.60 Å². The van der Waals surface area contributed by atoms with Crippen molar-refractivity contribution in [3.63, 3.8) is 0 Å². The molecule has 2 heterocycles. The minimum Gasteiger partial charge on any atom is -0.444 e. The lowest BCUT2D eigenvalue weighted by molar-refractivity contribution is 0.00700. The maximum atomic E-state index is 12.0. The molecule has 0 unspecified atom stereocenters. The molecule has 2 saturated heterocycles. The highest BCUT2D eigenvalue weighted by Gasteiger charge is 2.34. The zero-order chi connectivity index (χ0) is 19.2. The van der Waals surface area contributed by atoms with Crippen LogP contribution in [0.4, 0.5) is 4.79 Å². The van der Waals surface area contributed by atoms with Crippen molar-refractivity contribution >= 4 is 36.0 Å². The summed E-state index contributed by atoms with van der Waals surface area (Å²) in [7, 11) is 1.78. The third-order valence-electron chi connectivity index (χ3n) is 4.73. The zero-order valence-corrected chi connectivity index (χ0v) is 19.8. The molecular weight excluding hydrogens is 459 g/mol. The first-order valence-corrected chi connectivity index (χ1v) is 9.70. The van der Waals surface area contributed by atoms with Crippen molar-refractivity contribution in [1.29, 1.82) is 0 Å². The Morgan fingerprint density at radius 1 is 1.15 bits per heavy atom. The number of nitrogens with zero attached hydrogens (tertiary/aromatic N) is 4. The van der Waals surface area contributed by atoms with Gasteiger partial charge in [-0.05, 0) is 27.3 Å². The summed E-state index contributed by atoms with van der Waals surface area (Å²) < 4.78 is 5.37. The van der Waals surface area contributed by atoms with Crippen LogP contribution in [0.2, 0.25) is 0 Å². The Labute approximate surface area is 181 Å². The first-order chi connectivity index (χ1) is 12.3. The Balaban J connectivity index is 0.00000364. The number of piperazine rings is 1. The van der Waals surface area contributed by atoms with Gasteiger partial charge >= 0.3 is 6.09 Å². The van der Waals surface area contributed by atoms with Gasteiger partial charge in [0.05, 0.1) is 6.04 Å². The molecule has 9 heteroatoms. The van der Waals surface area contributed by atoms with Gasteiger partial charge in [0.2, 0.25) is 0 Å². The molecule has 0 aromatic heterocycles. The first kappa shape index (κ1) is 24.2. The van der Waals surface area contributed by atoms with E-state index in [0.717, 1.165) is 51.8 Å². The van der Waals surface area contributed by atoms with Crippen molar-refractivity contribution in [1.82, 2.24) is 25.3 Å². The van der Waals surface area contributed by atoms with Crippen LogP contribution in [-0.4, -0.2) is 104 Å². The smallest absolute Gasteiger partial charge is 0.410 e. The van der Waals surface area contributed by atoms with Crippen molar-refractivity contribution in [2.75, 3.05) is 66.0 Å². The quantitative estimate of drug-likeness (QED) is 0.337. The number of carbonyl (C=O) groups is 1. The highest BCUT2D eigenvalue weighted by molar-refractivity contribution is 14.0. The molecule has 0 aromatic carbocycles. The van der Waals surface area contributed by atoms with Crippen LogP contribution in [0.5, 0.6) is 0 Å². The standard InChI is InChI=1S/C18H36N6O2.HI/c1-6-22-9-11-23(12-10-22)8-7-20-16(19-5)21-15-13-24(14-15)17(25)26-18(2,3)4;/h15H,6-14H2,1-5H3,(H2,19,20,21);1H. The molecule has 158 valence electrons. The Kier molecular flexibility index (Phi) is 10.1. The number of rotatable bonds is 5. The molecule has 27 heavy (non-hydrogen) atoms. The molecule has 0 atom stereocenters. The van der Waals surface area contributed by atoms with E-state index in [1.165, 1.54) is 0 Å². The van der Waals surface area contributed by atoms with E-state index >= 15 is 0 Å². The minimum atomic E-state index is -0.449. The summed E-state index contributed by atoms with van der Waals surface area (Å²) in [5.41, 5.74) is -0.449. The van der Waals surface area contributed by atoms with E-state index in [0.29, 0.717) is 13.1 Å². The number of guanidine groups is 1. The molecule has 0 radical (unpaired) electrons. The number of halogens is 1. The maximum Gasteiger partial charge on any atom is 0.410 e. The van der Waals surface area contributed by atoms with Gasteiger partial charge in [-0.1, -0.05) is 6.92 Å². The summed E-state index contributed by atoms with van der Waals surface area (Å²) in [4.78, 5) is 22.9. The Morgan fingerprint density at radius 3 is 2.26 bits per heavy atom. The first-order valence-electron chi connectivity index (χ1n) is 9.70. The summed E-state index contributed by atoms with van der Waals surface area (Å²) in [5, 5.41) is 6.74. The predicted molar refractivity (Wildman–Crippen MR) is 120 cm³/mol. The van der Waals surface area contributed by atoms with Crippen molar-refractivity contribution in [3.05, 3.63) is 0 Å². The van der Waals surface area contributed by atoms with E-state index in [1.807, 2.05) is 20.8 Å². The van der Waals surface area contributed by atoms with Crippen LogP contribution >= 0.6 is 24.0 Å². The Bertz CT molecular complexity index is 483. The number of aliphatic imine (C=N–C) groups is 1. The molecule has 1 amide bonds. The topological polar surface area (TPSA) is 72.4 Å². The van der Waals surface area contributed by atoms with Crippen LogP contribution in [0.25, 0.3) is 0 Å². The number of hydrogen-bond acceptors (Lipinski definition) is 5. The molecule has 0 aliphatic carbocycles. The molecule has 0 spiro atoms. The number of likely N-dealkylation sites (N-methyl/N-ethyl adjacent to an activating group) is 1. The van der Waals surface area contributed by atoms with Gasteiger partial charge in [0, 0.05) is 59.4 Å². The minimum absolute atomic E-state index is 0. The van der Waals surface area contributed by atoms with Crippen molar-refractivity contribution in [2.45, 2.75) is 39.3 Å². The number of amides is 1. The monoisotopic (exact) mass is 496 g/mol. The second-order valence-corrected chi connectivity index (χ2v) is 8.00. The highest BCUT2D eigenvalue weighted by Crippen LogP contribution is 2.15. The van der Waals surface area contributed by atoms with Gasteiger partial charge in [-0.3, -0.25) is 9.89 Å². The van der Waals surface area contributed by atoms with Crippen LogP contribution < -0.4 is 10.6 Å². The molecule has 2 aliphatic rings. The lowest BCUT2D eigenvalue weighted by Crippen LogP contribution is -2.63. The number of hydrogen-bond donors (Lipinski definition) is 2. The largest absolute Gasteiger partial charge is 0.444 e. The van der Waals surface area contributed by atoms with Gasteiger partial charge in [-0.2, -0.15) is 0 Å². The zero-order valence-electron chi connectivity index (χ0n) is 17.5. The summed E-state index contributed by atoms with van der Waals surface area (Å²) >= 11 is 0. The van der Waals surface area contributed by atoms with Crippen LogP contribution in [0, 0.1) is 0 Å². The lowest BCUT2D eigenvalue weighted by Gasteiger charge is -2.40. The van der Waals surface area contributed by atoms with Gasteiger partial charge in [0.15, 0.2) is 5.96 Å². The fraction of sp³-hybridized carbons (Fsp3) is 0.889. The van der Waals surface area contributed by atoms with Crippen molar-refractivity contribution in [2.24, 2.45) is 4.99 Å². The Hall–Kier alpha value is -0.810. The van der Waals surface area contributed by atoms with E-state index in [9.17, 15) is 4.79 Å². The fourth-order valence-corrected chi connectivity index (χ4v) is 3.09. The number of likely N-dealkylation sites (tertiary alicyclic amines) is 1. The second kappa shape index (κ2) is 11.3.